The Hall–Kier alpha value is -3.08. The van der Waals surface area contributed by atoms with Crippen molar-refractivity contribution >= 4 is 16.9 Å². The van der Waals surface area contributed by atoms with Crippen molar-refractivity contribution in [2.75, 3.05) is 0 Å². The van der Waals surface area contributed by atoms with Crippen molar-refractivity contribution in [3.05, 3.63) is 75.6 Å². The number of fused-ring (bicyclic) bond motifs is 1. The van der Waals surface area contributed by atoms with Crippen LogP contribution in [0.5, 0.6) is 5.75 Å². The lowest BCUT2D eigenvalue weighted by atomic mass is 10.0. The molecule has 2 aromatic carbocycles. The highest BCUT2D eigenvalue weighted by Gasteiger charge is 2.14. The van der Waals surface area contributed by atoms with E-state index in [2.05, 4.69) is 0 Å². The molecule has 0 radical (unpaired) electrons. The van der Waals surface area contributed by atoms with E-state index in [1.165, 1.54) is 10.6 Å². The van der Waals surface area contributed by atoms with Gasteiger partial charge in [0.25, 0.3) is 5.56 Å². The smallest absolute Gasteiger partial charge is 0.341 e. The van der Waals surface area contributed by atoms with Crippen LogP contribution in [0.4, 0.5) is 0 Å². The summed E-state index contributed by atoms with van der Waals surface area (Å²) in [5, 5.41) is 19.5. The predicted octanol–water partition coefficient (Wildman–Crippen LogP) is 2.96. The molecule has 0 bridgehead atoms. The fourth-order valence-corrected chi connectivity index (χ4v) is 2.90. The number of para-hydroxylation sites is 1. The van der Waals surface area contributed by atoms with Crippen LogP contribution in [0.25, 0.3) is 10.9 Å². The van der Waals surface area contributed by atoms with Gasteiger partial charge in [-0.3, -0.25) is 4.79 Å². The Morgan fingerprint density at radius 2 is 1.88 bits per heavy atom. The summed E-state index contributed by atoms with van der Waals surface area (Å²) in [5.41, 5.74) is 1.92. The fraction of sp³-hybridized carbons (Fsp3) is 0.158. The maximum Gasteiger partial charge on any atom is 0.341 e. The Bertz CT molecular complexity index is 988. The van der Waals surface area contributed by atoms with Crippen LogP contribution in [-0.2, 0) is 13.0 Å². The molecule has 3 aromatic rings. The second-order valence-electron chi connectivity index (χ2n) is 5.74. The quantitative estimate of drug-likeness (QED) is 0.773. The lowest BCUT2D eigenvalue weighted by molar-refractivity contribution is 0.0694. The number of pyridine rings is 1. The standard InChI is InChI=1S/C19H17NO4/c1-12-10-15(21)7-6-13(12)8-9-20-17-5-3-2-4-14(17)11-16(18(20)22)19(23)24/h2-7,10-11,21H,8-9H2,1H3,(H,23,24). The number of carboxylic acid groups (broad SMARTS) is 1. The third-order valence-corrected chi connectivity index (χ3v) is 4.16. The van der Waals surface area contributed by atoms with Gasteiger partial charge in [-0.05, 0) is 54.1 Å². The van der Waals surface area contributed by atoms with E-state index in [0.717, 1.165) is 16.5 Å². The number of rotatable bonds is 4. The van der Waals surface area contributed by atoms with Gasteiger partial charge >= 0.3 is 5.97 Å². The summed E-state index contributed by atoms with van der Waals surface area (Å²) < 4.78 is 1.51. The molecule has 0 amide bonds. The molecule has 0 saturated heterocycles. The highest BCUT2D eigenvalue weighted by Crippen LogP contribution is 2.18. The van der Waals surface area contributed by atoms with E-state index in [-0.39, 0.29) is 11.3 Å². The van der Waals surface area contributed by atoms with Crippen LogP contribution in [-0.4, -0.2) is 20.7 Å². The molecule has 0 saturated carbocycles. The second-order valence-corrected chi connectivity index (χ2v) is 5.74. The van der Waals surface area contributed by atoms with Crippen molar-refractivity contribution in [2.24, 2.45) is 0 Å². The van der Waals surface area contributed by atoms with Crippen LogP contribution in [0.15, 0.2) is 53.3 Å². The van der Waals surface area contributed by atoms with Gasteiger partial charge in [-0.15, -0.1) is 0 Å². The fourth-order valence-electron chi connectivity index (χ4n) is 2.90. The average Bonchev–Trinajstić information content (AvgIpc) is 2.55. The largest absolute Gasteiger partial charge is 0.508 e. The highest BCUT2D eigenvalue weighted by atomic mass is 16.4. The second kappa shape index (κ2) is 6.20. The zero-order valence-corrected chi connectivity index (χ0v) is 13.2. The van der Waals surface area contributed by atoms with Crippen molar-refractivity contribution in [3.8, 4) is 5.75 Å². The number of hydrogen-bond donors (Lipinski definition) is 2. The van der Waals surface area contributed by atoms with Gasteiger partial charge in [-0.2, -0.15) is 0 Å². The molecule has 0 aliphatic heterocycles. The monoisotopic (exact) mass is 323 g/mol. The summed E-state index contributed by atoms with van der Waals surface area (Å²) in [4.78, 5) is 23.9. The number of aryl methyl sites for hydroxylation is 3. The molecular weight excluding hydrogens is 306 g/mol. The first-order valence-electron chi connectivity index (χ1n) is 7.62. The third-order valence-electron chi connectivity index (χ3n) is 4.16. The summed E-state index contributed by atoms with van der Waals surface area (Å²) in [6, 6.07) is 13.8. The highest BCUT2D eigenvalue weighted by molar-refractivity contribution is 5.92. The number of aromatic carboxylic acids is 1. The summed E-state index contributed by atoms with van der Waals surface area (Å²) in [7, 11) is 0. The minimum Gasteiger partial charge on any atom is -0.508 e. The number of aromatic hydroxyl groups is 1. The van der Waals surface area contributed by atoms with E-state index >= 15 is 0 Å². The van der Waals surface area contributed by atoms with E-state index in [1.54, 1.807) is 18.2 Å². The Balaban J connectivity index is 2.06. The third kappa shape index (κ3) is 2.88. The van der Waals surface area contributed by atoms with E-state index in [9.17, 15) is 19.8 Å². The number of phenols is 1. The maximum atomic E-state index is 12.5. The van der Waals surface area contributed by atoms with Crippen molar-refractivity contribution in [3.63, 3.8) is 0 Å². The lowest BCUT2D eigenvalue weighted by Gasteiger charge is -2.13. The number of benzene rings is 2. The Kier molecular flexibility index (Phi) is 4.08. The summed E-state index contributed by atoms with van der Waals surface area (Å²) >= 11 is 0. The van der Waals surface area contributed by atoms with Crippen LogP contribution in [0.1, 0.15) is 21.5 Å². The molecule has 1 aromatic heterocycles. The number of hydrogen-bond acceptors (Lipinski definition) is 3. The van der Waals surface area contributed by atoms with Gasteiger partial charge in [0.15, 0.2) is 0 Å². The molecule has 122 valence electrons. The van der Waals surface area contributed by atoms with Crippen molar-refractivity contribution in [1.29, 1.82) is 0 Å². The number of nitrogens with zero attached hydrogens (tertiary/aromatic N) is 1. The number of carbonyl (C=O) groups is 1. The minimum atomic E-state index is -1.22. The average molecular weight is 323 g/mol. The van der Waals surface area contributed by atoms with Gasteiger partial charge < -0.3 is 14.8 Å². The molecular formula is C19H17NO4. The van der Waals surface area contributed by atoms with E-state index in [0.29, 0.717) is 18.5 Å². The van der Waals surface area contributed by atoms with E-state index in [4.69, 9.17) is 0 Å². The van der Waals surface area contributed by atoms with Crippen LogP contribution < -0.4 is 5.56 Å². The molecule has 0 spiro atoms. The molecule has 5 nitrogen and oxygen atoms in total. The molecule has 0 unspecified atom stereocenters. The van der Waals surface area contributed by atoms with Gasteiger partial charge in [0.05, 0.1) is 5.52 Å². The van der Waals surface area contributed by atoms with Crippen molar-refractivity contribution in [1.82, 2.24) is 4.57 Å². The Morgan fingerprint density at radius 3 is 2.58 bits per heavy atom. The first kappa shape index (κ1) is 15.8. The first-order chi connectivity index (χ1) is 11.5. The number of carboxylic acids is 1. The first-order valence-corrected chi connectivity index (χ1v) is 7.62. The van der Waals surface area contributed by atoms with E-state index < -0.39 is 11.5 Å². The molecule has 0 atom stereocenters. The SMILES string of the molecule is Cc1cc(O)ccc1CCn1c(=O)c(C(=O)O)cc2ccccc21. The molecule has 2 N–H and O–H groups in total. The molecule has 0 aliphatic rings. The van der Waals surface area contributed by atoms with Gasteiger partial charge in [-0.25, -0.2) is 4.79 Å². The van der Waals surface area contributed by atoms with Gasteiger partial charge in [-0.1, -0.05) is 24.3 Å². The topological polar surface area (TPSA) is 79.5 Å². The van der Waals surface area contributed by atoms with Crippen molar-refractivity contribution < 1.29 is 15.0 Å². The van der Waals surface area contributed by atoms with Gasteiger partial charge in [0.2, 0.25) is 0 Å². The van der Waals surface area contributed by atoms with Crippen LogP contribution >= 0.6 is 0 Å². The maximum absolute atomic E-state index is 12.5. The molecule has 24 heavy (non-hydrogen) atoms. The summed E-state index contributed by atoms with van der Waals surface area (Å²) in [6.07, 6.45) is 0.569. The van der Waals surface area contributed by atoms with Crippen LogP contribution in [0.3, 0.4) is 0 Å². The van der Waals surface area contributed by atoms with Crippen molar-refractivity contribution in [2.45, 2.75) is 19.9 Å². The van der Waals surface area contributed by atoms with E-state index in [1.807, 2.05) is 31.2 Å². The normalized spacial score (nSPS) is 10.9. The molecule has 3 rings (SSSR count). The Labute approximate surface area is 138 Å². The van der Waals surface area contributed by atoms with Crippen LogP contribution in [0, 0.1) is 6.92 Å². The molecule has 1 heterocycles. The lowest BCUT2D eigenvalue weighted by Crippen LogP contribution is -2.27. The number of phenolic OH excluding ortho intramolecular Hbond substituents is 1. The number of aromatic nitrogens is 1. The molecule has 0 aliphatic carbocycles. The molecule has 5 heteroatoms. The Morgan fingerprint density at radius 1 is 1.12 bits per heavy atom. The zero-order chi connectivity index (χ0) is 17.3. The minimum absolute atomic E-state index is 0.201. The zero-order valence-electron chi connectivity index (χ0n) is 13.2. The van der Waals surface area contributed by atoms with Crippen LogP contribution in [0.2, 0.25) is 0 Å². The molecule has 0 fully saturated rings. The van der Waals surface area contributed by atoms with Gasteiger partial charge in [0, 0.05) is 6.54 Å². The van der Waals surface area contributed by atoms with Gasteiger partial charge in [0.1, 0.15) is 11.3 Å². The summed E-state index contributed by atoms with van der Waals surface area (Å²) in [5.74, 6) is -1.02. The summed E-state index contributed by atoms with van der Waals surface area (Å²) in [6.45, 7) is 2.26. The predicted molar refractivity (Wildman–Crippen MR) is 91.7 cm³/mol.